The van der Waals surface area contributed by atoms with Gasteiger partial charge in [0.1, 0.15) is 17.8 Å². The van der Waals surface area contributed by atoms with Crippen LogP contribution in [0.5, 0.6) is 11.5 Å². The Hall–Kier alpha value is -3.68. The number of hydrogen-bond acceptors (Lipinski definition) is 7. The third kappa shape index (κ3) is 4.35. The molecule has 28 heavy (non-hydrogen) atoms. The normalized spacial score (nSPS) is 10.4. The quantitative estimate of drug-likeness (QED) is 0.445. The number of nitrogens with one attached hydrogen (secondary N) is 1. The van der Waals surface area contributed by atoms with E-state index in [1.165, 1.54) is 6.33 Å². The molecule has 0 unspecified atom stereocenters. The van der Waals surface area contributed by atoms with E-state index < -0.39 is 4.92 Å². The van der Waals surface area contributed by atoms with Gasteiger partial charge in [0.25, 0.3) is 0 Å². The van der Waals surface area contributed by atoms with Gasteiger partial charge in [-0.3, -0.25) is 10.1 Å². The van der Waals surface area contributed by atoms with E-state index in [0.717, 1.165) is 5.75 Å². The van der Waals surface area contributed by atoms with Gasteiger partial charge in [0.2, 0.25) is 11.6 Å². The van der Waals surface area contributed by atoms with Crippen molar-refractivity contribution in [2.75, 3.05) is 23.3 Å². The Labute approximate surface area is 163 Å². The van der Waals surface area contributed by atoms with Crippen molar-refractivity contribution in [3.8, 4) is 11.5 Å². The molecular weight excluding hydrogens is 358 g/mol. The molecule has 0 saturated heterocycles. The van der Waals surface area contributed by atoms with E-state index >= 15 is 0 Å². The van der Waals surface area contributed by atoms with E-state index in [0.29, 0.717) is 30.3 Å². The maximum Gasteiger partial charge on any atom is 0.353 e. The van der Waals surface area contributed by atoms with Crippen molar-refractivity contribution in [2.24, 2.45) is 0 Å². The van der Waals surface area contributed by atoms with Crippen LogP contribution in [0.25, 0.3) is 0 Å². The molecule has 0 atom stereocenters. The van der Waals surface area contributed by atoms with Crippen LogP contribution in [-0.4, -0.2) is 28.0 Å². The Balaban J connectivity index is 1.83. The zero-order valence-electron chi connectivity index (χ0n) is 15.7. The van der Waals surface area contributed by atoms with Gasteiger partial charge in [-0.15, -0.1) is 0 Å². The summed E-state index contributed by atoms with van der Waals surface area (Å²) in [7, 11) is 0. The fourth-order valence-corrected chi connectivity index (χ4v) is 2.75. The first-order chi connectivity index (χ1) is 13.6. The van der Waals surface area contributed by atoms with Crippen molar-refractivity contribution in [3.63, 3.8) is 0 Å². The van der Waals surface area contributed by atoms with Crippen LogP contribution < -0.4 is 15.0 Å². The summed E-state index contributed by atoms with van der Waals surface area (Å²) < 4.78 is 5.76. The average molecular weight is 379 g/mol. The third-order valence-corrected chi connectivity index (χ3v) is 4.14. The van der Waals surface area contributed by atoms with Crippen LogP contribution >= 0.6 is 0 Å². The molecule has 3 rings (SSSR count). The molecule has 2 aromatic carbocycles. The van der Waals surface area contributed by atoms with Gasteiger partial charge in [0.15, 0.2) is 0 Å². The van der Waals surface area contributed by atoms with Gasteiger partial charge in [0, 0.05) is 18.8 Å². The second-order valence-corrected chi connectivity index (χ2v) is 5.89. The van der Waals surface area contributed by atoms with Crippen LogP contribution in [0.2, 0.25) is 0 Å². The number of nitro groups is 1. The number of nitrogens with zero attached hydrogens (tertiary/aromatic N) is 4. The van der Waals surface area contributed by atoms with E-state index in [1.54, 1.807) is 24.3 Å². The second kappa shape index (κ2) is 8.81. The monoisotopic (exact) mass is 379 g/mol. The number of para-hydroxylation sites is 1. The Morgan fingerprint density at radius 1 is 1.00 bits per heavy atom. The topological polar surface area (TPSA) is 93.4 Å². The van der Waals surface area contributed by atoms with Crippen molar-refractivity contribution in [2.45, 2.75) is 13.8 Å². The summed E-state index contributed by atoms with van der Waals surface area (Å²) in [6.45, 7) is 5.07. The molecular formula is C20H21N5O3. The minimum absolute atomic E-state index is 0.143. The first-order valence-electron chi connectivity index (χ1n) is 8.96. The second-order valence-electron chi connectivity index (χ2n) is 5.89. The van der Waals surface area contributed by atoms with Crippen molar-refractivity contribution in [3.05, 3.63) is 71.0 Å². The van der Waals surface area contributed by atoms with Crippen molar-refractivity contribution >= 4 is 23.0 Å². The first kappa shape index (κ1) is 19.1. The lowest BCUT2D eigenvalue weighted by atomic mass is 10.3. The summed E-state index contributed by atoms with van der Waals surface area (Å²) in [6.07, 6.45) is 1.33. The minimum atomic E-state index is -0.455. The molecule has 3 aromatic rings. The van der Waals surface area contributed by atoms with Crippen molar-refractivity contribution in [1.29, 1.82) is 0 Å². The van der Waals surface area contributed by atoms with E-state index in [9.17, 15) is 10.1 Å². The minimum Gasteiger partial charge on any atom is -0.457 e. The van der Waals surface area contributed by atoms with Gasteiger partial charge < -0.3 is 15.0 Å². The maximum absolute atomic E-state index is 11.7. The number of ether oxygens (including phenoxy) is 1. The summed E-state index contributed by atoms with van der Waals surface area (Å²) in [5, 5.41) is 14.7. The van der Waals surface area contributed by atoms with E-state index in [4.69, 9.17) is 4.74 Å². The molecule has 0 aliphatic heterocycles. The molecule has 0 bridgehead atoms. The summed E-state index contributed by atoms with van der Waals surface area (Å²) in [6, 6.07) is 16.6. The Bertz CT molecular complexity index is 928. The predicted molar refractivity (Wildman–Crippen MR) is 108 cm³/mol. The zero-order chi connectivity index (χ0) is 19.9. The Morgan fingerprint density at radius 3 is 2.25 bits per heavy atom. The molecule has 0 amide bonds. The highest BCUT2D eigenvalue weighted by Gasteiger charge is 2.26. The molecule has 1 aromatic heterocycles. The van der Waals surface area contributed by atoms with Gasteiger partial charge in [0.05, 0.1) is 4.92 Å². The highest BCUT2D eigenvalue weighted by molar-refractivity contribution is 5.74. The number of rotatable bonds is 8. The highest BCUT2D eigenvalue weighted by Crippen LogP contribution is 2.34. The fourth-order valence-electron chi connectivity index (χ4n) is 2.75. The summed E-state index contributed by atoms with van der Waals surface area (Å²) in [5.74, 6) is 1.85. The lowest BCUT2D eigenvalue weighted by molar-refractivity contribution is -0.383. The number of anilines is 3. The van der Waals surface area contributed by atoms with Gasteiger partial charge in [-0.1, -0.05) is 18.2 Å². The summed E-state index contributed by atoms with van der Waals surface area (Å²) in [5.41, 5.74) is 0.517. The van der Waals surface area contributed by atoms with E-state index in [-0.39, 0.29) is 11.5 Å². The average Bonchev–Trinajstić information content (AvgIpc) is 2.71. The molecule has 1 heterocycles. The lowest BCUT2D eigenvalue weighted by Crippen LogP contribution is -2.24. The third-order valence-electron chi connectivity index (χ3n) is 4.14. The molecule has 0 spiro atoms. The summed E-state index contributed by atoms with van der Waals surface area (Å²) >= 11 is 0. The molecule has 0 saturated carbocycles. The van der Waals surface area contributed by atoms with E-state index in [2.05, 4.69) is 15.3 Å². The first-order valence-corrected chi connectivity index (χ1v) is 8.96. The number of benzene rings is 2. The molecule has 8 nitrogen and oxygen atoms in total. The van der Waals surface area contributed by atoms with Crippen LogP contribution in [0, 0.1) is 10.1 Å². The SMILES string of the molecule is CCN(CC)c1ncnc(Nc2ccc(Oc3ccccc3)cc2)c1[N+](=O)[O-]. The predicted octanol–water partition coefficient (Wildman–Crippen LogP) is 4.77. The molecule has 144 valence electrons. The van der Waals surface area contributed by atoms with Gasteiger partial charge in [-0.25, -0.2) is 9.97 Å². The van der Waals surface area contributed by atoms with Crippen LogP contribution in [-0.2, 0) is 0 Å². The number of hydrogen-bond donors (Lipinski definition) is 1. The van der Waals surface area contributed by atoms with Crippen LogP contribution in [0.1, 0.15) is 13.8 Å². The van der Waals surface area contributed by atoms with Gasteiger partial charge in [-0.2, -0.15) is 0 Å². The molecule has 1 N–H and O–H groups in total. The molecule has 0 aliphatic carbocycles. The Morgan fingerprint density at radius 2 is 1.64 bits per heavy atom. The zero-order valence-corrected chi connectivity index (χ0v) is 15.7. The van der Waals surface area contributed by atoms with Crippen molar-refractivity contribution < 1.29 is 9.66 Å². The fraction of sp³-hybridized carbons (Fsp3) is 0.200. The largest absolute Gasteiger partial charge is 0.457 e. The highest BCUT2D eigenvalue weighted by atomic mass is 16.6. The standard InChI is InChI=1S/C20H21N5O3/c1-3-24(4-2)20-18(25(26)27)19(21-14-22-20)23-15-10-12-17(13-11-15)28-16-8-6-5-7-9-16/h5-14H,3-4H2,1-2H3,(H,21,22,23). The maximum atomic E-state index is 11.7. The van der Waals surface area contributed by atoms with E-state index in [1.807, 2.05) is 49.1 Å². The smallest absolute Gasteiger partial charge is 0.353 e. The Kier molecular flexibility index (Phi) is 6.01. The molecule has 0 aliphatic rings. The van der Waals surface area contributed by atoms with Crippen LogP contribution in [0.15, 0.2) is 60.9 Å². The van der Waals surface area contributed by atoms with Crippen molar-refractivity contribution in [1.82, 2.24) is 9.97 Å². The molecule has 0 fully saturated rings. The van der Waals surface area contributed by atoms with Gasteiger partial charge in [-0.05, 0) is 50.2 Å². The molecule has 8 heteroatoms. The molecule has 0 radical (unpaired) electrons. The summed E-state index contributed by atoms with van der Waals surface area (Å²) in [4.78, 5) is 21.2. The van der Waals surface area contributed by atoms with Crippen LogP contribution in [0.3, 0.4) is 0 Å². The van der Waals surface area contributed by atoms with Gasteiger partial charge >= 0.3 is 5.69 Å². The number of aromatic nitrogens is 2. The van der Waals surface area contributed by atoms with Crippen LogP contribution in [0.4, 0.5) is 23.0 Å². The lowest BCUT2D eigenvalue weighted by Gasteiger charge is -2.20.